The van der Waals surface area contributed by atoms with Crippen LogP contribution in [0.3, 0.4) is 0 Å². The lowest BCUT2D eigenvalue weighted by Gasteiger charge is -2.34. The Morgan fingerprint density at radius 2 is 0.778 bits per heavy atom. The van der Waals surface area contributed by atoms with Crippen molar-refractivity contribution >= 4 is 7.82 Å². The van der Waals surface area contributed by atoms with Crippen molar-refractivity contribution in [3.8, 4) is 0 Å². The lowest BCUT2D eigenvalue weighted by molar-refractivity contribution is -0.0264. The summed E-state index contributed by atoms with van der Waals surface area (Å²) in [7, 11) is -3.58. The fourth-order valence-corrected chi connectivity index (χ4v) is 3.19. The molecule has 0 N–H and O–H groups in total. The molecule has 0 aromatic heterocycles. The van der Waals surface area contributed by atoms with E-state index in [1.807, 2.05) is 62.3 Å². The number of rotatable bonds is 3. The van der Waals surface area contributed by atoms with Crippen molar-refractivity contribution < 1.29 is 22.8 Å². The fraction of sp³-hybridized carbons (Fsp3) is 1.00. The van der Waals surface area contributed by atoms with E-state index in [0.29, 0.717) is 0 Å². The molecule has 0 aromatic rings. The number of phosphoric acid groups is 1. The van der Waals surface area contributed by atoms with E-state index in [0.717, 1.165) is 0 Å². The normalized spacial score (nSPS) is 14.3. The molecule has 0 saturated heterocycles. The Morgan fingerprint density at radius 1 is 0.611 bits per heavy atom. The molecule has 0 amide bonds. The van der Waals surface area contributed by atoms with E-state index in [2.05, 4.69) is 0 Å². The van der Waals surface area contributed by atoms with Crippen LogP contribution in [0.1, 0.15) is 62.3 Å². The number of hydrogen-bond acceptors (Lipinski definition) is 4. The van der Waals surface area contributed by atoms with Crippen molar-refractivity contribution in [2.24, 2.45) is 0 Å². The third kappa shape index (κ3) is 11.1. The summed E-state index contributed by atoms with van der Waals surface area (Å²) in [4.78, 5) is 0. The van der Waals surface area contributed by atoms with Crippen LogP contribution in [0.2, 0.25) is 0 Å². The highest BCUT2D eigenvalue weighted by molar-refractivity contribution is 7.48. The molecule has 0 aliphatic heterocycles. The average molecular weight is 286 g/mol. The highest BCUT2D eigenvalue weighted by atomic mass is 31.2. The Labute approximate surface area is 110 Å². The molecule has 4 nitrogen and oxygen atoms in total. The van der Waals surface area contributed by atoms with Crippen molar-refractivity contribution in [2.45, 2.75) is 79.1 Å². The van der Waals surface area contributed by atoms with Gasteiger partial charge in [-0.1, -0.05) is 0 Å². The molecule has 0 fully saturated rings. The van der Waals surface area contributed by atoms with Gasteiger partial charge in [0.25, 0.3) is 0 Å². The molecular weight excluding hydrogens is 258 g/mol. The molecule has 0 radical (unpaired) electrons. The Kier molecular flexibility index (Phi) is 6.78. The van der Waals surface area contributed by atoms with E-state index in [-0.39, 0.29) is 4.70 Å². The third-order valence-corrected chi connectivity index (χ3v) is 3.47. The highest BCUT2D eigenvalue weighted by Crippen LogP contribution is 2.57. The number of hydrogen-bond donors (Lipinski definition) is 0. The maximum Gasteiger partial charge on any atom is 0.476 e. The lowest BCUT2D eigenvalue weighted by atomic mass is 10.2. The maximum absolute atomic E-state index is 12.6. The van der Waals surface area contributed by atoms with Crippen molar-refractivity contribution in [2.75, 3.05) is 0 Å². The predicted molar refractivity (Wildman–Crippen MR) is 72.6 cm³/mol. The van der Waals surface area contributed by atoms with Crippen LogP contribution < -0.4 is 0 Å². The molecule has 0 saturated carbocycles. The summed E-state index contributed by atoms with van der Waals surface area (Å²) in [5.41, 5.74) is -1.77. The van der Waals surface area contributed by atoms with E-state index < -0.39 is 24.6 Å². The van der Waals surface area contributed by atoms with Gasteiger partial charge in [-0.15, -0.1) is 0 Å². The second kappa shape index (κ2) is 6.00. The van der Waals surface area contributed by atoms with Crippen LogP contribution in [0.25, 0.3) is 0 Å². The SMILES string of the molecule is CC(C)(C)OP(=O)(OC(C)(C)C)OC(C)(C)C.F. The molecule has 0 atom stereocenters. The Bertz CT molecular complexity index is 249. The van der Waals surface area contributed by atoms with Crippen LogP contribution in [-0.4, -0.2) is 16.8 Å². The quantitative estimate of drug-likeness (QED) is 0.706. The van der Waals surface area contributed by atoms with Crippen LogP contribution in [0.15, 0.2) is 0 Å². The first-order valence-corrected chi connectivity index (χ1v) is 7.30. The summed E-state index contributed by atoms with van der Waals surface area (Å²) < 4.78 is 29.1. The van der Waals surface area contributed by atoms with Crippen molar-refractivity contribution in [1.29, 1.82) is 0 Å². The van der Waals surface area contributed by atoms with Gasteiger partial charge >= 0.3 is 7.82 Å². The fourth-order valence-electron chi connectivity index (χ4n) is 1.06. The van der Waals surface area contributed by atoms with E-state index in [4.69, 9.17) is 13.6 Å². The molecule has 0 bridgehead atoms. The van der Waals surface area contributed by atoms with Crippen molar-refractivity contribution in [3.05, 3.63) is 0 Å². The maximum atomic E-state index is 12.6. The molecule has 18 heavy (non-hydrogen) atoms. The topological polar surface area (TPSA) is 44.8 Å². The van der Waals surface area contributed by atoms with Gasteiger partial charge in [0.05, 0.1) is 16.8 Å². The van der Waals surface area contributed by atoms with Crippen LogP contribution in [0.4, 0.5) is 4.70 Å². The summed E-state index contributed by atoms with van der Waals surface area (Å²) in [5, 5.41) is 0. The molecule has 0 aromatic carbocycles. The van der Waals surface area contributed by atoms with Crippen LogP contribution in [0.5, 0.6) is 0 Å². The Hall–Kier alpha value is 0.0400. The summed E-state index contributed by atoms with van der Waals surface area (Å²) in [6.45, 7) is 16.4. The zero-order valence-corrected chi connectivity index (χ0v) is 13.9. The van der Waals surface area contributed by atoms with Gasteiger partial charge < -0.3 is 0 Å². The zero-order valence-electron chi connectivity index (χ0n) is 13.0. The second-order valence-corrected chi connectivity index (χ2v) is 8.50. The van der Waals surface area contributed by atoms with Gasteiger partial charge in [-0.2, -0.15) is 0 Å². The molecule has 0 aliphatic carbocycles. The van der Waals surface area contributed by atoms with E-state index >= 15 is 0 Å². The van der Waals surface area contributed by atoms with Crippen molar-refractivity contribution in [1.82, 2.24) is 0 Å². The van der Waals surface area contributed by atoms with Gasteiger partial charge in [0.2, 0.25) is 0 Å². The summed E-state index contributed by atoms with van der Waals surface area (Å²) >= 11 is 0. The lowest BCUT2D eigenvalue weighted by Crippen LogP contribution is -2.28. The van der Waals surface area contributed by atoms with Gasteiger partial charge in [0, 0.05) is 0 Å². The minimum atomic E-state index is -3.58. The second-order valence-electron chi connectivity index (χ2n) is 7.06. The molecular formula is C12H28FO4P. The van der Waals surface area contributed by atoms with Crippen LogP contribution in [-0.2, 0) is 18.1 Å². The predicted octanol–water partition coefficient (Wildman–Crippen LogP) is 4.69. The van der Waals surface area contributed by atoms with Gasteiger partial charge in [-0.25, -0.2) is 4.57 Å². The first kappa shape index (κ1) is 20.4. The summed E-state index contributed by atoms with van der Waals surface area (Å²) in [6, 6.07) is 0. The minimum Gasteiger partial charge on any atom is -0.281 e. The molecule has 0 unspecified atom stereocenters. The molecule has 0 spiro atoms. The zero-order chi connectivity index (χ0) is 14.1. The number of phosphoric ester groups is 1. The monoisotopic (exact) mass is 286 g/mol. The van der Waals surface area contributed by atoms with Gasteiger partial charge in [0.15, 0.2) is 0 Å². The molecule has 0 heterocycles. The molecule has 6 heteroatoms. The van der Waals surface area contributed by atoms with E-state index in [1.54, 1.807) is 0 Å². The van der Waals surface area contributed by atoms with Gasteiger partial charge in [-0.3, -0.25) is 18.3 Å². The average Bonchev–Trinajstić information content (AvgIpc) is 1.65. The molecule has 112 valence electrons. The van der Waals surface area contributed by atoms with Gasteiger partial charge in [-0.05, 0) is 62.3 Å². The van der Waals surface area contributed by atoms with E-state index in [9.17, 15) is 4.57 Å². The summed E-state index contributed by atoms with van der Waals surface area (Å²) in [6.07, 6.45) is 0. The van der Waals surface area contributed by atoms with Gasteiger partial charge in [0.1, 0.15) is 0 Å². The minimum absolute atomic E-state index is 0. The number of halogens is 1. The van der Waals surface area contributed by atoms with Crippen molar-refractivity contribution in [3.63, 3.8) is 0 Å². The summed E-state index contributed by atoms with van der Waals surface area (Å²) in [5.74, 6) is 0. The largest absolute Gasteiger partial charge is 0.476 e. The van der Waals surface area contributed by atoms with E-state index in [1.165, 1.54) is 0 Å². The van der Waals surface area contributed by atoms with Crippen LogP contribution >= 0.6 is 7.82 Å². The molecule has 0 aliphatic rings. The Morgan fingerprint density at radius 3 is 0.889 bits per heavy atom. The Balaban J connectivity index is 0. The molecule has 0 rings (SSSR count). The first-order chi connectivity index (χ1) is 7.12. The first-order valence-electron chi connectivity index (χ1n) is 5.84. The van der Waals surface area contributed by atoms with Crippen LogP contribution in [0, 0.1) is 0 Å². The smallest absolute Gasteiger partial charge is 0.281 e. The highest BCUT2D eigenvalue weighted by Gasteiger charge is 2.40. The standard InChI is InChI=1S/C12H27O4P.FH/c1-10(2,3)14-17(13,15-11(4,5)6)16-12(7,8)9;/h1-9H3;1H. The third-order valence-electron chi connectivity index (χ3n) is 1.16.